The topological polar surface area (TPSA) is 54.0 Å². The van der Waals surface area contributed by atoms with Crippen LogP contribution in [0.3, 0.4) is 0 Å². The molecule has 2 N–H and O–H groups in total. The highest BCUT2D eigenvalue weighted by molar-refractivity contribution is 5.94. The van der Waals surface area contributed by atoms with E-state index in [0.29, 0.717) is 13.0 Å². The molecule has 1 aromatic heterocycles. The summed E-state index contributed by atoms with van der Waals surface area (Å²) in [6.45, 7) is 0.658. The lowest BCUT2D eigenvalue weighted by Gasteiger charge is -2.25. The van der Waals surface area contributed by atoms with Gasteiger partial charge in [0.15, 0.2) is 0 Å². The second kappa shape index (κ2) is 5.38. The van der Waals surface area contributed by atoms with Gasteiger partial charge in [0, 0.05) is 6.54 Å². The molecule has 0 unspecified atom stereocenters. The Hall–Kier alpha value is -2.27. The molecule has 102 valence electrons. The summed E-state index contributed by atoms with van der Waals surface area (Å²) in [7, 11) is 0. The molecule has 1 aromatic carbocycles. The fourth-order valence-electron chi connectivity index (χ4n) is 2.33. The van der Waals surface area contributed by atoms with Crippen LogP contribution in [0.2, 0.25) is 0 Å². The number of benzene rings is 1. The number of anilines is 1. The van der Waals surface area contributed by atoms with Gasteiger partial charge < -0.3 is 10.6 Å². The molecule has 1 aliphatic rings. The van der Waals surface area contributed by atoms with E-state index in [9.17, 15) is 9.18 Å². The van der Waals surface area contributed by atoms with Crippen LogP contribution in [-0.4, -0.2) is 16.9 Å². The van der Waals surface area contributed by atoms with Crippen LogP contribution in [0.15, 0.2) is 42.5 Å². The van der Waals surface area contributed by atoms with Gasteiger partial charge in [-0.1, -0.05) is 30.3 Å². The number of aromatic nitrogens is 1. The third-order valence-electron chi connectivity index (χ3n) is 3.36. The van der Waals surface area contributed by atoms with Gasteiger partial charge in [-0.25, -0.2) is 4.98 Å². The molecule has 1 amide bonds. The Morgan fingerprint density at radius 3 is 2.80 bits per heavy atom. The number of nitrogens with zero attached hydrogens (tertiary/aromatic N) is 1. The summed E-state index contributed by atoms with van der Waals surface area (Å²) in [6.07, 6.45) is 0.622. The van der Waals surface area contributed by atoms with Crippen LogP contribution >= 0.6 is 0 Å². The van der Waals surface area contributed by atoms with Crippen molar-refractivity contribution < 1.29 is 9.18 Å². The molecule has 0 aliphatic carbocycles. The summed E-state index contributed by atoms with van der Waals surface area (Å²) < 4.78 is 13.0. The van der Waals surface area contributed by atoms with E-state index < -0.39 is 5.95 Å². The minimum atomic E-state index is -0.607. The summed E-state index contributed by atoms with van der Waals surface area (Å²) in [5, 5.41) is 5.81. The number of pyridine rings is 1. The summed E-state index contributed by atoms with van der Waals surface area (Å²) in [5.41, 5.74) is 2.37. The number of amides is 1. The maximum Gasteiger partial charge on any atom is 0.243 e. The average molecular weight is 271 g/mol. The van der Waals surface area contributed by atoms with E-state index in [1.807, 2.05) is 24.3 Å². The van der Waals surface area contributed by atoms with Crippen LogP contribution < -0.4 is 10.6 Å². The monoisotopic (exact) mass is 271 g/mol. The molecule has 5 heteroatoms. The molecule has 0 bridgehead atoms. The van der Waals surface area contributed by atoms with E-state index in [4.69, 9.17) is 0 Å². The molecule has 2 heterocycles. The summed E-state index contributed by atoms with van der Waals surface area (Å²) in [4.78, 5) is 15.8. The molecule has 0 saturated heterocycles. The minimum Gasteiger partial charge on any atom is -0.309 e. The van der Waals surface area contributed by atoms with Crippen LogP contribution in [0.4, 0.5) is 10.2 Å². The predicted octanol–water partition coefficient (Wildman–Crippen LogP) is 1.87. The van der Waals surface area contributed by atoms with Crippen LogP contribution in [0.1, 0.15) is 11.1 Å². The van der Waals surface area contributed by atoms with E-state index in [1.54, 1.807) is 6.07 Å². The molecule has 3 rings (SSSR count). The van der Waals surface area contributed by atoms with Gasteiger partial charge in [0.25, 0.3) is 0 Å². The fraction of sp³-hybridized carbons (Fsp3) is 0.200. The van der Waals surface area contributed by atoms with E-state index >= 15 is 0 Å². The van der Waals surface area contributed by atoms with Crippen molar-refractivity contribution in [2.45, 2.75) is 19.0 Å². The van der Waals surface area contributed by atoms with Gasteiger partial charge in [-0.2, -0.15) is 4.39 Å². The van der Waals surface area contributed by atoms with Crippen LogP contribution in [0, 0.1) is 5.95 Å². The second-order valence-corrected chi connectivity index (χ2v) is 4.74. The highest BCUT2D eigenvalue weighted by Gasteiger charge is 2.24. The molecule has 0 spiro atoms. The van der Waals surface area contributed by atoms with Crippen LogP contribution in [0.5, 0.6) is 0 Å². The summed E-state index contributed by atoms with van der Waals surface area (Å²) in [6, 6.07) is 12.0. The zero-order valence-electron chi connectivity index (χ0n) is 10.8. The first kappa shape index (κ1) is 12.7. The maximum absolute atomic E-state index is 13.0. The van der Waals surface area contributed by atoms with Crippen molar-refractivity contribution in [1.82, 2.24) is 10.3 Å². The quantitative estimate of drug-likeness (QED) is 0.820. The average Bonchev–Trinajstić information content (AvgIpc) is 2.47. The molecular weight excluding hydrogens is 257 g/mol. The highest BCUT2D eigenvalue weighted by Crippen LogP contribution is 2.17. The fourth-order valence-corrected chi connectivity index (χ4v) is 2.33. The van der Waals surface area contributed by atoms with Gasteiger partial charge in [0.1, 0.15) is 5.82 Å². The number of hydrogen-bond donors (Lipinski definition) is 2. The number of hydrogen-bond acceptors (Lipinski definition) is 3. The standard InChI is InChI=1S/C15H14FN3O/c16-13-6-3-7-14(18-13)19-15(20)12-8-10-4-1-2-5-11(10)9-17-12/h1-7,12,17H,8-9H2,(H,18,19,20)/t12-/m0/s1. The van der Waals surface area contributed by atoms with E-state index in [1.165, 1.54) is 23.3 Å². The lowest BCUT2D eigenvalue weighted by molar-refractivity contribution is -0.118. The highest BCUT2D eigenvalue weighted by atomic mass is 19.1. The van der Waals surface area contributed by atoms with Gasteiger partial charge >= 0.3 is 0 Å². The molecule has 1 atom stereocenters. The Kier molecular flexibility index (Phi) is 3.43. The number of nitrogens with one attached hydrogen (secondary N) is 2. The lowest BCUT2D eigenvalue weighted by atomic mass is 9.95. The van der Waals surface area contributed by atoms with E-state index in [2.05, 4.69) is 15.6 Å². The first-order chi connectivity index (χ1) is 9.72. The number of fused-ring (bicyclic) bond motifs is 1. The third kappa shape index (κ3) is 2.67. The number of carbonyl (C=O) groups excluding carboxylic acids is 1. The predicted molar refractivity (Wildman–Crippen MR) is 73.6 cm³/mol. The van der Waals surface area contributed by atoms with Crippen molar-refractivity contribution in [3.05, 3.63) is 59.5 Å². The van der Waals surface area contributed by atoms with Crippen molar-refractivity contribution >= 4 is 11.7 Å². The van der Waals surface area contributed by atoms with Crippen molar-refractivity contribution in [3.63, 3.8) is 0 Å². The number of rotatable bonds is 2. The van der Waals surface area contributed by atoms with Crippen molar-refractivity contribution in [1.29, 1.82) is 0 Å². The first-order valence-electron chi connectivity index (χ1n) is 6.46. The molecular formula is C15H14FN3O. The van der Waals surface area contributed by atoms with Gasteiger partial charge in [0.2, 0.25) is 11.9 Å². The maximum atomic E-state index is 13.0. The van der Waals surface area contributed by atoms with Crippen molar-refractivity contribution in [3.8, 4) is 0 Å². The van der Waals surface area contributed by atoms with Crippen LogP contribution in [-0.2, 0) is 17.8 Å². The molecule has 2 aromatic rings. The van der Waals surface area contributed by atoms with Gasteiger partial charge in [0.05, 0.1) is 6.04 Å². The Bertz CT molecular complexity index is 645. The van der Waals surface area contributed by atoms with Crippen molar-refractivity contribution in [2.24, 2.45) is 0 Å². The van der Waals surface area contributed by atoms with Gasteiger partial charge in [-0.05, 0) is 29.7 Å². The second-order valence-electron chi connectivity index (χ2n) is 4.74. The summed E-state index contributed by atoms with van der Waals surface area (Å²) in [5.74, 6) is -0.571. The molecule has 20 heavy (non-hydrogen) atoms. The zero-order valence-corrected chi connectivity index (χ0v) is 10.8. The number of carbonyl (C=O) groups is 1. The Labute approximate surface area is 116 Å². The Balaban J connectivity index is 1.70. The molecule has 0 radical (unpaired) electrons. The molecule has 4 nitrogen and oxygen atoms in total. The molecule has 0 saturated carbocycles. The lowest BCUT2D eigenvalue weighted by Crippen LogP contribution is -2.44. The van der Waals surface area contributed by atoms with E-state index in [0.717, 1.165) is 0 Å². The normalized spacial score (nSPS) is 17.4. The summed E-state index contributed by atoms with van der Waals surface area (Å²) >= 11 is 0. The minimum absolute atomic E-state index is 0.197. The van der Waals surface area contributed by atoms with Crippen LogP contribution in [0.25, 0.3) is 0 Å². The Morgan fingerprint density at radius 1 is 1.20 bits per heavy atom. The smallest absolute Gasteiger partial charge is 0.243 e. The van der Waals surface area contributed by atoms with Gasteiger partial charge in [-0.3, -0.25) is 4.79 Å². The largest absolute Gasteiger partial charge is 0.309 e. The molecule has 0 fully saturated rings. The van der Waals surface area contributed by atoms with Crippen molar-refractivity contribution in [2.75, 3.05) is 5.32 Å². The zero-order chi connectivity index (χ0) is 13.9. The first-order valence-corrected chi connectivity index (χ1v) is 6.46. The SMILES string of the molecule is O=C(Nc1cccc(F)n1)[C@@H]1Cc2ccccc2CN1. The Morgan fingerprint density at radius 2 is 2.00 bits per heavy atom. The molecule has 1 aliphatic heterocycles. The third-order valence-corrected chi connectivity index (χ3v) is 3.36. The van der Waals surface area contributed by atoms with Gasteiger partial charge in [-0.15, -0.1) is 0 Å². The van der Waals surface area contributed by atoms with E-state index in [-0.39, 0.29) is 17.8 Å². The number of halogens is 1.